The van der Waals surface area contributed by atoms with Crippen molar-refractivity contribution in [3.05, 3.63) is 0 Å². The van der Waals surface area contributed by atoms with E-state index >= 15 is 0 Å². The Morgan fingerprint density at radius 2 is 1.67 bits per heavy atom. The van der Waals surface area contributed by atoms with Gasteiger partial charge in [0.15, 0.2) is 0 Å². The Bertz CT molecular complexity index is 216. The number of nitrogens with zero attached hydrogens (tertiary/aromatic N) is 2. The minimum absolute atomic E-state index is 0.787. The van der Waals surface area contributed by atoms with Crippen molar-refractivity contribution in [1.82, 2.24) is 15.1 Å². The Hall–Kier alpha value is -0.120. The van der Waals surface area contributed by atoms with Crippen molar-refractivity contribution in [2.24, 2.45) is 5.92 Å². The van der Waals surface area contributed by atoms with E-state index < -0.39 is 0 Å². The molecule has 0 radical (unpaired) electrons. The molecule has 2 aliphatic heterocycles. The molecule has 1 N–H and O–H groups in total. The van der Waals surface area contributed by atoms with Gasteiger partial charge in [0.05, 0.1) is 0 Å². The average molecular weight is 253 g/mol. The van der Waals surface area contributed by atoms with Crippen LogP contribution >= 0.6 is 0 Å². The Labute approximate surface area is 113 Å². The van der Waals surface area contributed by atoms with Gasteiger partial charge in [0.2, 0.25) is 0 Å². The van der Waals surface area contributed by atoms with E-state index in [9.17, 15) is 0 Å². The first kappa shape index (κ1) is 14.3. The van der Waals surface area contributed by atoms with Gasteiger partial charge in [-0.1, -0.05) is 6.92 Å². The first-order valence-corrected chi connectivity index (χ1v) is 7.92. The lowest BCUT2D eigenvalue weighted by Gasteiger charge is -2.34. The van der Waals surface area contributed by atoms with E-state index in [4.69, 9.17) is 0 Å². The van der Waals surface area contributed by atoms with Gasteiger partial charge in [-0.2, -0.15) is 0 Å². The van der Waals surface area contributed by atoms with Crippen LogP contribution < -0.4 is 5.32 Å². The molecule has 0 saturated carbocycles. The van der Waals surface area contributed by atoms with Gasteiger partial charge in [0, 0.05) is 6.04 Å². The van der Waals surface area contributed by atoms with E-state index in [2.05, 4.69) is 29.1 Å². The molecular weight excluding hydrogens is 222 g/mol. The molecule has 0 aromatic rings. The minimum atomic E-state index is 0.787. The van der Waals surface area contributed by atoms with Crippen LogP contribution in [0.2, 0.25) is 0 Å². The van der Waals surface area contributed by atoms with Crippen molar-refractivity contribution in [3.63, 3.8) is 0 Å². The monoisotopic (exact) mass is 253 g/mol. The van der Waals surface area contributed by atoms with Crippen LogP contribution in [0.4, 0.5) is 0 Å². The Balaban J connectivity index is 1.57. The molecule has 0 aromatic heterocycles. The van der Waals surface area contributed by atoms with Crippen molar-refractivity contribution >= 4 is 0 Å². The molecule has 0 amide bonds. The molecule has 2 heterocycles. The first-order chi connectivity index (χ1) is 8.78. The van der Waals surface area contributed by atoms with Crippen LogP contribution in [0.25, 0.3) is 0 Å². The van der Waals surface area contributed by atoms with Crippen molar-refractivity contribution in [2.75, 3.05) is 46.3 Å². The minimum Gasteiger partial charge on any atom is -0.314 e. The predicted octanol–water partition coefficient (Wildman–Crippen LogP) is 1.79. The first-order valence-electron chi connectivity index (χ1n) is 7.92. The highest BCUT2D eigenvalue weighted by Gasteiger charge is 2.20. The summed E-state index contributed by atoms with van der Waals surface area (Å²) in [5.74, 6) is 0.993. The molecule has 18 heavy (non-hydrogen) atoms. The topological polar surface area (TPSA) is 18.5 Å². The zero-order valence-electron chi connectivity index (χ0n) is 12.3. The normalized spacial score (nSPS) is 25.7. The van der Waals surface area contributed by atoms with E-state index in [0.29, 0.717) is 0 Å². The molecule has 2 aliphatic rings. The lowest BCUT2D eigenvalue weighted by molar-refractivity contribution is 0.162. The SMILES string of the molecule is CCNC1CCN(CCC2CCN(C)CC2)CC1. The molecule has 0 atom stereocenters. The fraction of sp³-hybridized carbons (Fsp3) is 1.00. The van der Waals surface area contributed by atoms with Crippen molar-refractivity contribution < 1.29 is 0 Å². The Morgan fingerprint density at radius 3 is 2.28 bits per heavy atom. The second-order valence-corrected chi connectivity index (χ2v) is 6.21. The molecule has 2 rings (SSSR count). The maximum absolute atomic E-state index is 3.58. The quantitative estimate of drug-likeness (QED) is 0.806. The maximum Gasteiger partial charge on any atom is 0.00912 e. The summed E-state index contributed by atoms with van der Waals surface area (Å²) in [6, 6.07) is 0.787. The lowest BCUT2D eigenvalue weighted by atomic mass is 9.93. The summed E-state index contributed by atoms with van der Waals surface area (Å²) in [4.78, 5) is 5.16. The molecule has 0 unspecified atom stereocenters. The second-order valence-electron chi connectivity index (χ2n) is 6.21. The molecule has 0 spiro atoms. The fourth-order valence-electron chi connectivity index (χ4n) is 3.37. The largest absolute Gasteiger partial charge is 0.314 e. The van der Waals surface area contributed by atoms with Gasteiger partial charge in [0.1, 0.15) is 0 Å². The van der Waals surface area contributed by atoms with Crippen LogP contribution in [-0.2, 0) is 0 Å². The summed E-state index contributed by atoms with van der Waals surface area (Å²) >= 11 is 0. The number of nitrogens with one attached hydrogen (secondary N) is 1. The highest BCUT2D eigenvalue weighted by molar-refractivity contribution is 4.78. The van der Waals surface area contributed by atoms with Crippen LogP contribution in [0.1, 0.15) is 39.0 Å². The molecule has 0 bridgehead atoms. The van der Waals surface area contributed by atoms with E-state index in [1.54, 1.807) is 0 Å². The van der Waals surface area contributed by atoms with Crippen molar-refractivity contribution in [2.45, 2.75) is 45.1 Å². The van der Waals surface area contributed by atoms with Gasteiger partial charge in [-0.25, -0.2) is 0 Å². The smallest absolute Gasteiger partial charge is 0.00912 e. The van der Waals surface area contributed by atoms with E-state index in [0.717, 1.165) is 18.5 Å². The van der Waals surface area contributed by atoms with Crippen LogP contribution in [0, 0.1) is 5.92 Å². The fourth-order valence-corrected chi connectivity index (χ4v) is 3.37. The zero-order valence-corrected chi connectivity index (χ0v) is 12.3. The number of piperidine rings is 2. The standard InChI is InChI=1S/C15H31N3/c1-3-16-15-7-12-18(13-8-15)11-6-14-4-9-17(2)10-5-14/h14-16H,3-13H2,1-2H3. The van der Waals surface area contributed by atoms with Crippen molar-refractivity contribution in [3.8, 4) is 0 Å². The third-order valence-corrected chi connectivity index (χ3v) is 4.77. The summed E-state index contributed by atoms with van der Waals surface area (Å²) in [6.07, 6.45) is 6.97. The molecule has 0 aliphatic carbocycles. The summed E-state index contributed by atoms with van der Waals surface area (Å²) in [6.45, 7) is 9.93. The summed E-state index contributed by atoms with van der Waals surface area (Å²) in [5.41, 5.74) is 0. The van der Waals surface area contributed by atoms with E-state index in [1.165, 1.54) is 64.8 Å². The number of hydrogen-bond donors (Lipinski definition) is 1. The molecular formula is C15H31N3. The van der Waals surface area contributed by atoms with Crippen LogP contribution in [0.3, 0.4) is 0 Å². The lowest BCUT2D eigenvalue weighted by Crippen LogP contribution is -2.43. The van der Waals surface area contributed by atoms with Gasteiger partial charge in [-0.15, -0.1) is 0 Å². The third-order valence-electron chi connectivity index (χ3n) is 4.77. The number of likely N-dealkylation sites (tertiary alicyclic amines) is 2. The second kappa shape index (κ2) is 7.46. The van der Waals surface area contributed by atoms with Gasteiger partial charge in [-0.3, -0.25) is 0 Å². The van der Waals surface area contributed by atoms with E-state index in [-0.39, 0.29) is 0 Å². The van der Waals surface area contributed by atoms with Crippen molar-refractivity contribution in [1.29, 1.82) is 0 Å². The van der Waals surface area contributed by atoms with Crippen LogP contribution in [0.5, 0.6) is 0 Å². The Morgan fingerprint density at radius 1 is 1.00 bits per heavy atom. The highest BCUT2D eigenvalue weighted by Crippen LogP contribution is 2.20. The third kappa shape index (κ3) is 4.52. The van der Waals surface area contributed by atoms with Crippen LogP contribution in [-0.4, -0.2) is 62.2 Å². The highest BCUT2D eigenvalue weighted by atomic mass is 15.1. The summed E-state index contributed by atoms with van der Waals surface area (Å²) in [5, 5.41) is 3.58. The molecule has 3 heteroatoms. The molecule has 106 valence electrons. The average Bonchev–Trinajstić information content (AvgIpc) is 2.40. The Kier molecular flexibility index (Phi) is 5.93. The maximum atomic E-state index is 3.58. The van der Waals surface area contributed by atoms with Gasteiger partial charge >= 0.3 is 0 Å². The summed E-state index contributed by atoms with van der Waals surface area (Å²) < 4.78 is 0. The molecule has 2 fully saturated rings. The predicted molar refractivity (Wildman–Crippen MR) is 78.0 cm³/mol. The molecule has 3 nitrogen and oxygen atoms in total. The number of hydrogen-bond acceptors (Lipinski definition) is 3. The van der Waals surface area contributed by atoms with Crippen LogP contribution in [0.15, 0.2) is 0 Å². The number of rotatable bonds is 5. The molecule has 0 aromatic carbocycles. The van der Waals surface area contributed by atoms with Gasteiger partial charge < -0.3 is 15.1 Å². The zero-order chi connectivity index (χ0) is 12.8. The summed E-state index contributed by atoms with van der Waals surface area (Å²) in [7, 11) is 2.25. The van der Waals surface area contributed by atoms with Gasteiger partial charge in [-0.05, 0) is 84.3 Å². The van der Waals surface area contributed by atoms with Gasteiger partial charge in [0.25, 0.3) is 0 Å². The molecule has 2 saturated heterocycles. The van der Waals surface area contributed by atoms with E-state index in [1.807, 2.05) is 0 Å².